The highest BCUT2D eigenvalue weighted by atomic mass is 32.1. The van der Waals surface area contributed by atoms with Crippen molar-refractivity contribution >= 4 is 28.6 Å². The lowest BCUT2D eigenvalue weighted by Crippen LogP contribution is -2.22. The van der Waals surface area contributed by atoms with Crippen molar-refractivity contribution in [3.05, 3.63) is 51.8 Å². The number of aryl methyl sites for hydroxylation is 1. The van der Waals surface area contributed by atoms with Crippen LogP contribution in [-0.4, -0.2) is 25.1 Å². The smallest absolute Gasteiger partial charge is 0.251 e. The predicted molar refractivity (Wildman–Crippen MR) is 101 cm³/mol. The van der Waals surface area contributed by atoms with Gasteiger partial charge in [0, 0.05) is 16.5 Å². The third kappa shape index (κ3) is 4.00. The summed E-state index contributed by atoms with van der Waals surface area (Å²) in [4.78, 5) is 19.3. The minimum absolute atomic E-state index is 0.178. The molecule has 0 aliphatic rings. The summed E-state index contributed by atoms with van der Waals surface area (Å²) in [6, 6.07) is 9.17. The fourth-order valence-corrected chi connectivity index (χ4v) is 4.10. The molecule has 1 amide bonds. The second-order valence-corrected chi connectivity index (χ2v) is 7.32. The Balaban J connectivity index is 1.72. The van der Waals surface area contributed by atoms with Crippen molar-refractivity contribution in [1.82, 2.24) is 10.3 Å². The van der Waals surface area contributed by atoms with E-state index in [4.69, 9.17) is 9.47 Å². The maximum absolute atomic E-state index is 12.5. The molecule has 0 unspecified atom stereocenters. The zero-order valence-electron chi connectivity index (χ0n) is 14.2. The molecule has 1 N–H and O–H groups in total. The summed E-state index contributed by atoms with van der Waals surface area (Å²) < 4.78 is 10.4. The number of rotatable bonds is 6. The number of carbonyl (C=O) groups excluding carboxylic acids is 1. The van der Waals surface area contributed by atoms with E-state index >= 15 is 0 Å². The predicted octanol–water partition coefficient (Wildman–Crippen LogP) is 4.13. The molecule has 2 aromatic heterocycles. The van der Waals surface area contributed by atoms with E-state index in [2.05, 4.69) is 10.3 Å². The van der Waals surface area contributed by atoms with Gasteiger partial charge in [0.2, 0.25) is 0 Å². The Kier molecular flexibility index (Phi) is 5.35. The van der Waals surface area contributed by atoms with Crippen LogP contribution in [0.5, 0.6) is 11.5 Å². The van der Waals surface area contributed by atoms with Gasteiger partial charge in [-0.25, -0.2) is 4.98 Å². The highest BCUT2D eigenvalue weighted by Crippen LogP contribution is 2.31. The lowest BCUT2D eigenvalue weighted by Gasteiger charge is -2.09. The largest absolute Gasteiger partial charge is 0.497 e. The number of amides is 1. The van der Waals surface area contributed by atoms with E-state index in [9.17, 15) is 4.79 Å². The van der Waals surface area contributed by atoms with Gasteiger partial charge in [0.1, 0.15) is 16.5 Å². The first kappa shape index (κ1) is 17.4. The third-order valence-electron chi connectivity index (χ3n) is 3.65. The second-order valence-electron chi connectivity index (χ2n) is 5.29. The number of benzene rings is 1. The molecule has 0 spiro atoms. The SMILES string of the molecule is COc1cc(OC)cc(C(=O)NCc2sc(-c3cccs3)nc2C)c1. The van der Waals surface area contributed by atoms with Gasteiger partial charge < -0.3 is 14.8 Å². The molecule has 0 atom stereocenters. The molecule has 0 fully saturated rings. The first-order chi connectivity index (χ1) is 12.1. The van der Waals surface area contributed by atoms with Gasteiger partial charge in [0.25, 0.3) is 5.91 Å². The molecule has 0 saturated heterocycles. The molecular formula is C18H18N2O3S2. The molecule has 0 bridgehead atoms. The number of ether oxygens (including phenoxy) is 2. The van der Waals surface area contributed by atoms with Crippen molar-refractivity contribution in [2.24, 2.45) is 0 Å². The van der Waals surface area contributed by atoms with Gasteiger partial charge in [-0.05, 0) is 30.5 Å². The van der Waals surface area contributed by atoms with Crippen LogP contribution in [0, 0.1) is 6.92 Å². The van der Waals surface area contributed by atoms with Gasteiger partial charge in [-0.3, -0.25) is 4.79 Å². The summed E-state index contributed by atoms with van der Waals surface area (Å²) in [5.74, 6) is 0.986. The average molecular weight is 374 g/mol. The van der Waals surface area contributed by atoms with E-state index in [-0.39, 0.29) is 5.91 Å². The van der Waals surface area contributed by atoms with Gasteiger partial charge in [-0.2, -0.15) is 0 Å². The van der Waals surface area contributed by atoms with Crippen LogP contribution in [0.3, 0.4) is 0 Å². The Hall–Kier alpha value is -2.38. The molecule has 0 saturated carbocycles. The minimum atomic E-state index is -0.178. The zero-order chi connectivity index (χ0) is 17.8. The van der Waals surface area contributed by atoms with Crippen LogP contribution < -0.4 is 14.8 Å². The molecule has 0 aliphatic carbocycles. The van der Waals surface area contributed by atoms with Crippen LogP contribution >= 0.6 is 22.7 Å². The van der Waals surface area contributed by atoms with Crippen LogP contribution in [0.4, 0.5) is 0 Å². The summed E-state index contributed by atoms with van der Waals surface area (Å²) in [6.45, 7) is 2.40. The third-order valence-corrected chi connectivity index (χ3v) is 5.84. The van der Waals surface area contributed by atoms with E-state index in [0.717, 1.165) is 20.5 Å². The number of methoxy groups -OCH3 is 2. The number of nitrogens with zero attached hydrogens (tertiary/aromatic N) is 1. The molecule has 5 nitrogen and oxygen atoms in total. The molecular weight excluding hydrogens is 356 g/mol. The van der Waals surface area contributed by atoms with E-state index in [1.807, 2.05) is 24.4 Å². The Labute approximate surface area is 154 Å². The van der Waals surface area contributed by atoms with Crippen LogP contribution in [0.25, 0.3) is 9.88 Å². The zero-order valence-corrected chi connectivity index (χ0v) is 15.8. The van der Waals surface area contributed by atoms with Crippen molar-refractivity contribution in [2.45, 2.75) is 13.5 Å². The number of hydrogen-bond acceptors (Lipinski definition) is 6. The first-order valence-corrected chi connectivity index (χ1v) is 9.31. The first-order valence-electron chi connectivity index (χ1n) is 7.62. The Bertz CT molecular complexity index is 850. The standard InChI is InChI=1S/C18H18N2O3S2/c1-11-16(25-18(20-11)15-5-4-6-24-15)10-19-17(21)12-7-13(22-2)9-14(8-12)23-3/h4-9H,10H2,1-3H3,(H,19,21). The van der Waals surface area contributed by atoms with Crippen LogP contribution in [0.15, 0.2) is 35.7 Å². The van der Waals surface area contributed by atoms with Gasteiger partial charge >= 0.3 is 0 Å². The lowest BCUT2D eigenvalue weighted by atomic mass is 10.2. The molecule has 3 aromatic rings. The van der Waals surface area contributed by atoms with Gasteiger partial charge in [-0.15, -0.1) is 22.7 Å². The average Bonchev–Trinajstić information content (AvgIpc) is 3.28. The summed E-state index contributed by atoms with van der Waals surface area (Å²) in [6.07, 6.45) is 0. The Morgan fingerprint density at radius 3 is 2.52 bits per heavy atom. The van der Waals surface area contributed by atoms with Crippen LogP contribution in [0.2, 0.25) is 0 Å². The van der Waals surface area contributed by atoms with Crippen LogP contribution in [0.1, 0.15) is 20.9 Å². The van der Waals surface area contributed by atoms with Crippen molar-refractivity contribution in [1.29, 1.82) is 0 Å². The molecule has 3 rings (SSSR count). The van der Waals surface area contributed by atoms with Gasteiger partial charge in [0.15, 0.2) is 0 Å². The fraction of sp³-hybridized carbons (Fsp3) is 0.222. The maximum Gasteiger partial charge on any atom is 0.251 e. The van der Waals surface area contributed by atoms with Gasteiger partial charge in [-0.1, -0.05) is 6.07 Å². The lowest BCUT2D eigenvalue weighted by molar-refractivity contribution is 0.0950. The van der Waals surface area contributed by atoms with E-state index in [1.165, 1.54) is 0 Å². The number of hydrogen-bond donors (Lipinski definition) is 1. The number of thiazole rings is 1. The second kappa shape index (κ2) is 7.67. The topological polar surface area (TPSA) is 60.5 Å². The van der Waals surface area contributed by atoms with Crippen molar-refractivity contribution in [3.8, 4) is 21.4 Å². The molecule has 25 heavy (non-hydrogen) atoms. The van der Waals surface area contributed by atoms with Crippen molar-refractivity contribution in [2.75, 3.05) is 14.2 Å². The molecule has 1 aromatic carbocycles. The van der Waals surface area contributed by atoms with Crippen LogP contribution in [-0.2, 0) is 6.54 Å². The van der Waals surface area contributed by atoms with Gasteiger partial charge in [0.05, 0.1) is 31.3 Å². The summed E-state index contributed by atoms with van der Waals surface area (Å²) in [5.41, 5.74) is 1.44. The summed E-state index contributed by atoms with van der Waals surface area (Å²) in [7, 11) is 3.12. The number of thiophene rings is 1. The molecule has 0 radical (unpaired) electrons. The molecule has 130 valence electrons. The fourth-order valence-electron chi connectivity index (χ4n) is 2.30. The monoisotopic (exact) mass is 374 g/mol. The number of nitrogens with one attached hydrogen (secondary N) is 1. The van der Waals surface area contributed by atoms with E-state index < -0.39 is 0 Å². The molecule has 0 aliphatic heterocycles. The summed E-state index contributed by atoms with van der Waals surface area (Å²) >= 11 is 3.27. The van der Waals surface area contributed by atoms with Crippen molar-refractivity contribution in [3.63, 3.8) is 0 Å². The summed E-state index contributed by atoms with van der Waals surface area (Å²) in [5, 5.41) is 5.96. The highest BCUT2D eigenvalue weighted by molar-refractivity contribution is 7.21. The van der Waals surface area contributed by atoms with Crippen molar-refractivity contribution < 1.29 is 14.3 Å². The quantitative estimate of drug-likeness (QED) is 0.705. The normalized spacial score (nSPS) is 10.5. The van der Waals surface area contributed by atoms with E-state index in [0.29, 0.717) is 23.6 Å². The number of carbonyl (C=O) groups is 1. The Morgan fingerprint density at radius 1 is 1.20 bits per heavy atom. The highest BCUT2D eigenvalue weighted by Gasteiger charge is 2.13. The minimum Gasteiger partial charge on any atom is -0.497 e. The number of aromatic nitrogens is 1. The maximum atomic E-state index is 12.5. The molecule has 2 heterocycles. The molecule has 7 heteroatoms. The van der Waals surface area contributed by atoms with E-state index in [1.54, 1.807) is 55.1 Å². The Morgan fingerprint density at radius 2 is 1.92 bits per heavy atom.